The van der Waals surface area contributed by atoms with Crippen molar-refractivity contribution in [2.24, 2.45) is 5.73 Å². The fourth-order valence-electron chi connectivity index (χ4n) is 2.20. The summed E-state index contributed by atoms with van der Waals surface area (Å²) < 4.78 is 5.46. The molecule has 2 bridgehead atoms. The second-order valence-electron chi connectivity index (χ2n) is 3.75. The van der Waals surface area contributed by atoms with Crippen molar-refractivity contribution in [3.63, 3.8) is 0 Å². The van der Waals surface area contributed by atoms with Crippen LogP contribution in [0.25, 0.3) is 0 Å². The molecule has 2 aliphatic rings. The molecule has 0 amide bonds. The SMILES string of the molecule is CN.OC[C@]12CC[C@H](C[C@@H](O)[C@H]1O)O2. The van der Waals surface area contributed by atoms with Gasteiger partial charge in [-0.3, -0.25) is 0 Å². The van der Waals surface area contributed by atoms with E-state index in [1.165, 1.54) is 7.05 Å². The van der Waals surface area contributed by atoms with Gasteiger partial charge in [0.05, 0.1) is 18.8 Å². The smallest absolute Gasteiger partial charge is 0.120 e. The lowest BCUT2D eigenvalue weighted by Gasteiger charge is -2.39. The summed E-state index contributed by atoms with van der Waals surface area (Å²) in [6.07, 6.45) is 0.319. The first-order chi connectivity index (χ1) is 6.68. The van der Waals surface area contributed by atoms with E-state index in [1.807, 2.05) is 0 Å². The van der Waals surface area contributed by atoms with Crippen molar-refractivity contribution in [2.75, 3.05) is 13.7 Å². The van der Waals surface area contributed by atoms with E-state index >= 15 is 0 Å². The van der Waals surface area contributed by atoms with Crippen molar-refractivity contribution in [1.82, 2.24) is 0 Å². The third-order valence-corrected chi connectivity index (χ3v) is 2.97. The van der Waals surface area contributed by atoms with Crippen molar-refractivity contribution in [3.05, 3.63) is 0 Å². The minimum Gasteiger partial charge on any atom is -0.393 e. The molecule has 2 fully saturated rings. The molecule has 0 aromatic rings. The summed E-state index contributed by atoms with van der Waals surface area (Å²) in [7, 11) is 1.50. The van der Waals surface area contributed by atoms with Crippen molar-refractivity contribution < 1.29 is 20.1 Å². The van der Waals surface area contributed by atoms with E-state index in [-0.39, 0.29) is 12.7 Å². The fourth-order valence-corrected chi connectivity index (χ4v) is 2.20. The molecular weight excluding hydrogens is 186 g/mol. The van der Waals surface area contributed by atoms with E-state index in [0.29, 0.717) is 12.8 Å². The Morgan fingerprint density at radius 2 is 2.07 bits per heavy atom. The Labute approximate surface area is 83.5 Å². The second-order valence-corrected chi connectivity index (χ2v) is 3.75. The van der Waals surface area contributed by atoms with Crippen LogP contribution in [0.2, 0.25) is 0 Å². The summed E-state index contributed by atoms with van der Waals surface area (Å²) in [5, 5.41) is 28.1. The van der Waals surface area contributed by atoms with Crippen LogP contribution in [0, 0.1) is 0 Å². The fraction of sp³-hybridized carbons (Fsp3) is 1.00. The van der Waals surface area contributed by atoms with Gasteiger partial charge in [-0.2, -0.15) is 0 Å². The highest BCUT2D eigenvalue weighted by Crippen LogP contribution is 2.41. The molecule has 14 heavy (non-hydrogen) atoms. The van der Waals surface area contributed by atoms with E-state index in [4.69, 9.17) is 9.84 Å². The first kappa shape index (κ1) is 11.9. The summed E-state index contributed by atoms with van der Waals surface area (Å²) in [6.45, 7) is -0.207. The number of nitrogens with two attached hydrogens (primary N) is 1. The Bertz CT molecular complexity index is 190. The van der Waals surface area contributed by atoms with Crippen LogP contribution in [0.4, 0.5) is 0 Å². The molecule has 0 radical (unpaired) electrons. The molecule has 2 saturated heterocycles. The van der Waals surface area contributed by atoms with Crippen LogP contribution in [-0.4, -0.2) is 52.9 Å². The zero-order valence-electron chi connectivity index (χ0n) is 8.39. The Morgan fingerprint density at radius 1 is 1.43 bits per heavy atom. The normalized spacial score (nSPS) is 45.6. The zero-order chi connectivity index (χ0) is 10.8. The van der Waals surface area contributed by atoms with Crippen LogP contribution >= 0.6 is 0 Å². The Hall–Kier alpha value is -0.200. The molecular formula is C9H19NO4. The van der Waals surface area contributed by atoms with Crippen LogP contribution in [0.1, 0.15) is 19.3 Å². The summed E-state index contributed by atoms with van der Waals surface area (Å²) in [6, 6.07) is 0. The number of rotatable bonds is 1. The standard InChI is InChI=1S/C8H14O4.CH5N/c9-4-8-2-1-5(12-8)3-6(10)7(8)11;1-2/h5-7,9-11H,1-4H2;2H2,1H3/t5-,6-,7-,8-;/m1./s1. The topological polar surface area (TPSA) is 95.9 Å². The highest BCUT2D eigenvalue weighted by atomic mass is 16.5. The maximum Gasteiger partial charge on any atom is 0.120 e. The van der Waals surface area contributed by atoms with E-state index in [1.54, 1.807) is 0 Å². The first-order valence-corrected chi connectivity index (χ1v) is 4.90. The Kier molecular flexibility index (Phi) is 3.86. The molecule has 2 aliphatic heterocycles. The average molecular weight is 205 g/mol. The van der Waals surface area contributed by atoms with Gasteiger partial charge in [0.15, 0.2) is 0 Å². The minimum atomic E-state index is -0.929. The molecule has 0 spiro atoms. The first-order valence-electron chi connectivity index (χ1n) is 4.90. The zero-order valence-corrected chi connectivity index (χ0v) is 8.39. The van der Waals surface area contributed by atoms with Gasteiger partial charge in [0.2, 0.25) is 0 Å². The van der Waals surface area contributed by atoms with E-state index < -0.39 is 17.8 Å². The van der Waals surface area contributed by atoms with E-state index in [0.717, 1.165) is 6.42 Å². The predicted octanol–water partition coefficient (Wildman–Crippen LogP) is -1.40. The number of aliphatic hydroxyl groups is 3. The van der Waals surface area contributed by atoms with Gasteiger partial charge in [-0.15, -0.1) is 0 Å². The third-order valence-electron chi connectivity index (χ3n) is 2.97. The quantitative estimate of drug-likeness (QED) is 0.422. The maximum atomic E-state index is 9.58. The lowest BCUT2D eigenvalue weighted by atomic mass is 9.90. The number of hydrogen-bond acceptors (Lipinski definition) is 5. The van der Waals surface area contributed by atoms with E-state index in [2.05, 4.69) is 5.73 Å². The second kappa shape index (κ2) is 4.55. The van der Waals surface area contributed by atoms with Gasteiger partial charge in [0, 0.05) is 6.42 Å². The van der Waals surface area contributed by atoms with Crippen LogP contribution in [0.15, 0.2) is 0 Å². The predicted molar refractivity (Wildman–Crippen MR) is 50.7 cm³/mol. The number of aliphatic hydroxyl groups excluding tert-OH is 3. The van der Waals surface area contributed by atoms with Crippen molar-refractivity contribution in [2.45, 2.75) is 43.2 Å². The minimum absolute atomic E-state index is 0.0237. The van der Waals surface area contributed by atoms with Gasteiger partial charge in [-0.1, -0.05) is 0 Å². The molecule has 5 nitrogen and oxygen atoms in total. The highest BCUT2D eigenvalue weighted by molar-refractivity contribution is 5.02. The van der Waals surface area contributed by atoms with Gasteiger partial charge in [-0.05, 0) is 19.9 Å². The summed E-state index contributed by atoms with van der Waals surface area (Å²) in [5.74, 6) is 0. The molecule has 5 N–H and O–H groups in total. The molecule has 0 aromatic carbocycles. The van der Waals surface area contributed by atoms with Crippen LogP contribution in [-0.2, 0) is 4.74 Å². The molecule has 0 saturated carbocycles. The number of ether oxygens (including phenoxy) is 1. The molecule has 0 unspecified atom stereocenters. The van der Waals surface area contributed by atoms with Gasteiger partial charge in [-0.25, -0.2) is 0 Å². The van der Waals surface area contributed by atoms with E-state index in [9.17, 15) is 10.2 Å². The van der Waals surface area contributed by atoms with Crippen LogP contribution < -0.4 is 5.73 Å². The van der Waals surface area contributed by atoms with Crippen LogP contribution in [0.3, 0.4) is 0 Å². The lowest BCUT2D eigenvalue weighted by Crippen LogP contribution is -2.55. The lowest BCUT2D eigenvalue weighted by molar-refractivity contribution is -0.208. The molecule has 2 heterocycles. The molecule has 0 aliphatic carbocycles. The molecule has 84 valence electrons. The largest absolute Gasteiger partial charge is 0.393 e. The molecule has 5 heteroatoms. The highest BCUT2D eigenvalue weighted by Gasteiger charge is 2.52. The molecule has 2 rings (SSSR count). The third kappa shape index (κ3) is 1.78. The number of hydrogen-bond donors (Lipinski definition) is 4. The van der Waals surface area contributed by atoms with Crippen LogP contribution in [0.5, 0.6) is 0 Å². The monoisotopic (exact) mass is 205 g/mol. The summed E-state index contributed by atoms with van der Waals surface area (Å²) >= 11 is 0. The van der Waals surface area contributed by atoms with Gasteiger partial charge < -0.3 is 25.8 Å². The maximum absolute atomic E-state index is 9.58. The Balaban J connectivity index is 0.000000461. The average Bonchev–Trinajstić information content (AvgIpc) is 2.59. The van der Waals surface area contributed by atoms with Gasteiger partial charge >= 0.3 is 0 Å². The Morgan fingerprint density at radius 3 is 2.64 bits per heavy atom. The van der Waals surface area contributed by atoms with Gasteiger partial charge in [0.25, 0.3) is 0 Å². The van der Waals surface area contributed by atoms with Crippen molar-refractivity contribution >= 4 is 0 Å². The van der Waals surface area contributed by atoms with Crippen molar-refractivity contribution in [3.8, 4) is 0 Å². The molecule has 4 atom stereocenters. The van der Waals surface area contributed by atoms with Gasteiger partial charge in [0.1, 0.15) is 11.7 Å². The summed E-state index contributed by atoms with van der Waals surface area (Å²) in [4.78, 5) is 0. The summed E-state index contributed by atoms with van der Waals surface area (Å²) in [5.41, 5.74) is 3.63. The number of fused-ring (bicyclic) bond motifs is 2. The van der Waals surface area contributed by atoms with Crippen molar-refractivity contribution in [1.29, 1.82) is 0 Å². The molecule has 0 aromatic heterocycles.